The summed E-state index contributed by atoms with van der Waals surface area (Å²) in [4.78, 5) is 4.47. The van der Waals surface area contributed by atoms with Crippen LogP contribution in [-0.4, -0.2) is 15.1 Å². The molecule has 128 valence electrons. The largest absolute Gasteiger partial charge is 0.330 e. The number of nitrogens with zero attached hydrogens (tertiary/aromatic N) is 3. The molecule has 0 saturated heterocycles. The van der Waals surface area contributed by atoms with E-state index in [1.807, 2.05) is 37.3 Å². The van der Waals surface area contributed by atoms with Gasteiger partial charge in [0.2, 0.25) is 5.13 Å². The average molecular weight is 392 g/mol. The molecule has 3 rings (SSSR count). The lowest BCUT2D eigenvalue weighted by Crippen LogP contribution is -2.03. The molecule has 1 aromatic heterocycles. The topological polar surface area (TPSA) is 62.2 Å². The third-order valence-corrected chi connectivity index (χ3v) is 4.44. The molecule has 1 heterocycles. The number of benzene rings is 2. The van der Waals surface area contributed by atoms with E-state index in [9.17, 15) is 0 Å². The van der Waals surface area contributed by atoms with Crippen LogP contribution in [0, 0.1) is 0 Å². The number of hydrazone groups is 1. The van der Waals surface area contributed by atoms with E-state index < -0.39 is 0 Å². The monoisotopic (exact) mass is 391 g/mol. The Hall–Kier alpha value is -2.15. The summed E-state index contributed by atoms with van der Waals surface area (Å²) in [7, 11) is 0. The van der Waals surface area contributed by atoms with Crippen molar-refractivity contribution in [1.29, 1.82) is 0 Å². The van der Waals surface area contributed by atoms with Crippen molar-refractivity contribution in [3.8, 4) is 0 Å². The third kappa shape index (κ3) is 5.16. The van der Waals surface area contributed by atoms with Crippen LogP contribution in [0.15, 0.2) is 53.6 Å². The van der Waals surface area contributed by atoms with Crippen molar-refractivity contribution in [2.75, 3.05) is 10.7 Å². The molecular weight excluding hydrogens is 377 g/mol. The van der Waals surface area contributed by atoms with Gasteiger partial charge in [-0.1, -0.05) is 41.4 Å². The number of hydrogen-bond donors (Lipinski definition) is 2. The van der Waals surface area contributed by atoms with Crippen LogP contribution in [-0.2, 0) is 6.42 Å². The molecule has 0 aliphatic rings. The lowest BCUT2D eigenvalue weighted by molar-refractivity contribution is 1.09. The van der Waals surface area contributed by atoms with E-state index in [1.165, 1.54) is 11.5 Å². The van der Waals surface area contributed by atoms with Crippen LogP contribution in [0.3, 0.4) is 0 Å². The molecule has 25 heavy (non-hydrogen) atoms. The van der Waals surface area contributed by atoms with Gasteiger partial charge < -0.3 is 5.32 Å². The molecule has 2 aromatic carbocycles. The number of anilines is 3. The van der Waals surface area contributed by atoms with Crippen LogP contribution >= 0.6 is 34.7 Å². The number of para-hydroxylation sites is 1. The lowest BCUT2D eigenvalue weighted by Gasteiger charge is -2.05. The fraction of sp³-hybridized carbons (Fsp3) is 0.118. The van der Waals surface area contributed by atoms with Crippen molar-refractivity contribution in [3.05, 3.63) is 64.4 Å². The first kappa shape index (κ1) is 17.7. The van der Waals surface area contributed by atoms with Crippen LogP contribution < -0.4 is 10.7 Å². The molecule has 0 aliphatic carbocycles. The summed E-state index contributed by atoms with van der Waals surface area (Å²) in [5.41, 5.74) is 5.40. The predicted molar refractivity (Wildman–Crippen MR) is 107 cm³/mol. The summed E-state index contributed by atoms with van der Waals surface area (Å²) in [6.45, 7) is 1.90. The van der Waals surface area contributed by atoms with E-state index in [0.29, 0.717) is 28.0 Å². The molecule has 8 heteroatoms. The van der Waals surface area contributed by atoms with E-state index >= 15 is 0 Å². The molecule has 3 aromatic rings. The highest BCUT2D eigenvalue weighted by Gasteiger charge is 2.06. The summed E-state index contributed by atoms with van der Waals surface area (Å²) < 4.78 is 4.35. The number of nitrogens with one attached hydrogen (secondary N) is 2. The third-order valence-electron chi connectivity index (χ3n) is 3.20. The standard InChI is InChI=1S/C17H15Cl2N5S/c1-11(22-23-15-10-12(18)7-8-14(15)19)9-16-21-17(25-24-16)20-13-5-3-2-4-6-13/h2-8,10,23H,9H2,1H3,(H,20,21,24)/b22-11+. The Balaban J connectivity index is 1.61. The molecule has 0 bridgehead atoms. The van der Waals surface area contributed by atoms with E-state index in [-0.39, 0.29) is 0 Å². The fourth-order valence-corrected chi connectivity index (χ4v) is 2.97. The normalized spacial score (nSPS) is 11.4. The maximum atomic E-state index is 6.10. The first-order valence-corrected chi connectivity index (χ1v) is 9.02. The summed E-state index contributed by atoms with van der Waals surface area (Å²) in [6, 6.07) is 15.0. The zero-order chi connectivity index (χ0) is 17.6. The Labute approximate surface area is 159 Å². The summed E-state index contributed by atoms with van der Waals surface area (Å²) >= 11 is 13.4. The first-order chi connectivity index (χ1) is 12.1. The molecule has 0 unspecified atom stereocenters. The van der Waals surface area contributed by atoms with Crippen molar-refractivity contribution in [1.82, 2.24) is 9.36 Å². The number of aromatic nitrogens is 2. The van der Waals surface area contributed by atoms with Crippen LogP contribution in [0.5, 0.6) is 0 Å². The van der Waals surface area contributed by atoms with Gasteiger partial charge in [0.05, 0.1) is 10.7 Å². The van der Waals surface area contributed by atoms with Crippen molar-refractivity contribution in [2.45, 2.75) is 13.3 Å². The zero-order valence-electron chi connectivity index (χ0n) is 13.3. The van der Waals surface area contributed by atoms with Gasteiger partial charge in [-0.25, -0.2) is 4.98 Å². The van der Waals surface area contributed by atoms with Gasteiger partial charge in [-0.05, 0) is 37.3 Å². The smallest absolute Gasteiger partial charge is 0.207 e. The van der Waals surface area contributed by atoms with E-state index in [0.717, 1.165) is 16.5 Å². The molecule has 0 radical (unpaired) electrons. The Kier molecular flexibility index (Phi) is 5.86. The van der Waals surface area contributed by atoms with Gasteiger partial charge in [0.15, 0.2) is 0 Å². The highest BCUT2D eigenvalue weighted by molar-refractivity contribution is 7.09. The minimum Gasteiger partial charge on any atom is -0.330 e. The van der Waals surface area contributed by atoms with Gasteiger partial charge in [0.1, 0.15) is 5.82 Å². The molecule has 0 aliphatic heterocycles. The van der Waals surface area contributed by atoms with Gasteiger partial charge in [0, 0.05) is 34.4 Å². The maximum Gasteiger partial charge on any atom is 0.207 e. The number of hydrogen-bond acceptors (Lipinski definition) is 6. The molecule has 2 N–H and O–H groups in total. The Bertz CT molecular complexity index is 880. The predicted octanol–water partition coefficient (Wildman–Crippen LogP) is 5.62. The molecular formula is C17H15Cl2N5S. The molecule has 0 amide bonds. The minimum absolute atomic E-state index is 0.540. The Morgan fingerprint density at radius 3 is 2.76 bits per heavy atom. The van der Waals surface area contributed by atoms with Crippen LogP contribution in [0.25, 0.3) is 0 Å². The maximum absolute atomic E-state index is 6.10. The second-order valence-corrected chi connectivity index (χ2v) is 6.86. The van der Waals surface area contributed by atoms with Crippen LogP contribution in [0.2, 0.25) is 10.0 Å². The van der Waals surface area contributed by atoms with Gasteiger partial charge in [-0.2, -0.15) is 9.47 Å². The van der Waals surface area contributed by atoms with Crippen molar-refractivity contribution < 1.29 is 0 Å². The van der Waals surface area contributed by atoms with Crippen LogP contribution in [0.1, 0.15) is 12.7 Å². The second kappa shape index (κ2) is 8.29. The Morgan fingerprint density at radius 1 is 1.16 bits per heavy atom. The van der Waals surface area contributed by atoms with Gasteiger partial charge in [-0.3, -0.25) is 5.43 Å². The van der Waals surface area contributed by atoms with Gasteiger partial charge >= 0.3 is 0 Å². The highest BCUT2D eigenvalue weighted by Crippen LogP contribution is 2.25. The quantitative estimate of drug-likeness (QED) is 0.422. The summed E-state index contributed by atoms with van der Waals surface area (Å²) in [5.74, 6) is 0.712. The van der Waals surface area contributed by atoms with Crippen molar-refractivity contribution in [2.24, 2.45) is 5.10 Å². The zero-order valence-corrected chi connectivity index (χ0v) is 15.7. The van der Waals surface area contributed by atoms with E-state index in [4.69, 9.17) is 23.2 Å². The minimum atomic E-state index is 0.540. The van der Waals surface area contributed by atoms with E-state index in [1.54, 1.807) is 18.2 Å². The first-order valence-electron chi connectivity index (χ1n) is 7.49. The molecule has 0 atom stereocenters. The van der Waals surface area contributed by atoms with Crippen molar-refractivity contribution in [3.63, 3.8) is 0 Å². The summed E-state index contributed by atoms with van der Waals surface area (Å²) in [5, 5.41) is 9.44. The number of rotatable bonds is 6. The van der Waals surface area contributed by atoms with E-state index in [2.05, 4.69) is 25.2 Å². The molecule has 0 spiro atoms. The average Bonchev–Trinajstić information content (AvgIpc) is 3.03. The fourth-order valence-electron chi connectivity index (χ4n) is 2.03. The van der Waals surface area contributed by atoms with Gasteiger partial charge in [-0.15, -0.1) is 0 Å². The second-order valence-electron chi connectivity index (χ2n) is 5.27. The van der Waals surface area contributed by atoms with Gasteiger partial charge in [0.25, 0.3) is 0 Å². The van der Waals surface area contributed by atoms with Crippen molar-refractivity contribution >= 4 is 57.0 Å². The SMILES string of the molecule is C/C(Cc1nsc(Nc2ccccc2)n1)=N\Nc1cc(Cl)ccc1Cl. The Morgan fingerprint density at radius 2 is 1.96 bits per heavy atom. The van der Waals surface area contributed by atoms with Crippen LogP contribution in [0.4, 0.5) is 16.5 Å². The highest BCUT2D eigenvalue weighted by atomic mass is 35.5. The lowest BCUT2D eigenvalue weighted by atomic mass is 10.3. The molecule has 0 saturated carbocycles. The summed E-state index contributed by atoms with van der Waals surface area (Å²) in [6.07, 6.45) is 0.540. The molecule has 5 nitrogen and oxygen atoms in total. The molecule has 0 fully saturated rings. The number of halogens is 2.